The minimum Gasteiger partial charge on any atom is -0.495 e. The van der Waals surface area contributed by atoms with Crippen LogP contribution in [-0.4, -0.2) is 58.2 Å². The van der Waals surface area contributed by atoms with E-state index in [0.29, 0.717) is 11.1 Å². The molecule has 1 aliphatic carbocycles. The lowest BCUT2D eigenvalue weighted by atomic mass is 9.70. The summed E-state index contributed by atoms with van der Waals surface area (Å²) < 4.78 is 41.3. The Bertz CT molecular complexity index is 1390. The SMILES string of the molecule is COc1cncc2c1[C@]1(O)[C@H](O)[C@H](C(=O)N3CCC(F)(F)C3)[C@@H](c3ccccc3)[C@]1(c1ccc(Br)cc1)O2. The Morgan fingerprint density at radius 2 is 1.87 bits per heavy atom. The van der Waals surface area contributed by atoms with Gasteiger partial charge in [0.05, 0.1) is 37.5 Å². The molecule has 1 aromatic heterocycles. The van der Waals surface area contributed by atoms with Gasteiger partial charge in [0.15, 0.2) is 11.2 Å². The highest BCUT2D eigenvalue weighted by Gasteiger charge is 2.78. The number of aliphatic hydroxyl groups is 2. The first-order chi connectivity index (χ1) is 18.1. The van der Waals surface area contributed by atoms with Gasteiger partial charge in [-0.2, -0.15) is 0 Å². The molecule has 2 aliphatic heterocycles. The van der Waals surface area contributed by atoms with Crippen LogP contribution in [0, 0.1) is 5.92 Å². The number of halogens is 3. The van der Waals surface area contributed by atoms with E-state index in [-0.39, 0.29) is 23.6 Å². The van der Waals surface area contributed by atoms with Gasteiger partial charge in [0.25, 0.3) is 5.92 Å². The number of carbonyl (C=O) groups is 1. The zero-order chi connectivity index (χ0) is 26.9. The molecule has 5 atom stereocenters. The number of carbonyl (C=O) groups excluding carboxylic acids is 1. The van der Waals surface area contributed by atoms with E-state index < -0.39 is 53.9 Å². The van der Waals surface area contributed by atoms with Gasteiger partial charge in [0.1, 0.15) is 17.6 Å². The molecule has 38 heavy (non-hydrogen) atoms. The number of hydrogen-bond acceptors (Lipinski definition) is 6. The number of methoxy groups -OCH3 is 1. The molecule has 198 valence electrons. The van der Waals surface area contributed by atoms with Gasteiger partial charge in [0, 0.05) is 23.4 Å². The molecule has 1 saturated carbocycles. The Labute approximate surface area is 226 Å². The number of likely N-dealkylation sites (tertiary alicyclic amines) is 1. The summed E-state index contributed by atoms with van der Waals surface area (Å²) in [6.07, 6.45) is 0.647. The van der Waals surface area contributed by atoms with Crippen LogP contribution in [-0.2, 0) is 16.0 Å². The molecular weight excluding hydrogens is 562 g/mol. The second kappa shape index (κ2) is 8.72. The fraction of sp³-hybridized carbons (Fsp3) is 0.357. The number of ether oxygens (including phenoxy) is 2. The van der Waals surface area contributed by atoms with Crippen molar-refractivity contribution in [3.05, 3.63) is 88.2 Å². The summed E-state index contributed by atoms with van der Waals surface area (Å²) in [5.41, 5.74) is -2.64. The van der Waals surface area contributed by atoms with Crippen molar-refractivity contribution in [3.8, 4) is 11.5 Å². The lowest BCUT2D eigenvalue weighted by Gasteiger charge is -2.40. The van der Waals surface area contributed by atoms with Crippen molar-refractivity contribution in [2.75, 3.05) is 20.2 Å². The van der Waals surface area contributed by atoms with Crippen molar-refractivity contribution in [1.82, 2.24) is 9.88 Å². The average Bonchev–Trinajstić information content (AvgIpc) is 3.48. The van der Waals surface area contributed by atoms with Crippen LogP contribution in [0.1, 0.15) is 29.0 Å². The predicted molar refractivity (Wildman–Crippen MR) is 136 cm³/mol. The Hall–Kier alpha value is -3.08. The Balaban J connectivity index is 1.64. The van der Waals surface area contributed by atoms with E-state index in [9.17, 15) is 23.8 Å². The smallest absolute Gasteiger partial charge is 0.267 e. The zero-order valence-electron chi connectivity index (χ0n) is 20.4. The van der Waals surface area contributed by atoms with Gasteiger partial charge in [-0.25, -0.2) is 8.78 Å². The molecule has 0 bridgehead atoms. The first kappa shape index (κ1) is 25.2. The fourth-order valence-corrected chi connectivity index (χ4v) is 6.77. The van der Waals surface area contributed by atoms with E-state index in [1.807, 2.05) is 6.07 Å². The number of alkyl halides is 2. The summed E-state index contributed by atoms with van der Waals surface area (Å²) in [6, 6.07) is 16.0. The van der Waals surface area contributed by atoms with Crippen molar-refractivity contribution >= 4 is 21.8 Å². The van der Waals surface area contributed by atoms with Crippen LogP contribution in [0.2, 0.25) is 0 Å². The van der Waals surface area contributed by atoms with Crippen molar-refractivity contribution in [3.63, 3.8) is 0 Å². The van der Waals surface area contributed by atoms with Crippen molar-refractivity contribution in [1.29, 1.82) is 0 Å². The van der Waals surface area contributed by atoms with Crippen LogP contribution in [0.4, 0.5) is 8.78 Å². The fourth-order valence-electron chi connectivity index (χ4n) is 6.50. The molecule has 10 heteroatoms. The van der Waals surface area contributed by atoms with E-state index in [2.05, 4.69) is 20.9 Å². The van der Waals surface area contributed by atoms with E-state index in [4.69, 9.17) is 9.47 Å². The van der Waals surface area contributed by atoms with Crippen LogP contribution in [0.3, 0.4) is 0 Å². The van der Waals surface area contributed by atoms with Crippen molar-refractivity contribution < 1.29 is 33.3 Å². The summed E-state index contributed by atoms with van der Waals surface area (Å²) in [5, 5.41) is 24.7. The number of nitrogens with zero attached hydrogens (tertiary/aromatic N) is 2. The van der Waals surface area contributed by atoms with Gasteiger partial charge in [-0.05, 0) is 23.3 Å². The first-order valence-corrected chi connectivity index (χ1v) is 13.0. The molecule has 7 nitrogen and oxygen atoms in total. The number of fused-ring (bicyclic) bond motifs is 3. The lowest BCUT2D eigenvalue weighted by molar-refractivity contribution is -0.157. The third-order valence-corrected chi connectivity index (χ3v) is 8.61. The molecule has 2 fully saturated rings. The molecule has 1 amide bonds. The molecule has 6 rings (SSSR count). The maximum atomic E-state index is 14.2. The second-order valence-corrected chi connectivity index (χ2v) is 11.0. The molecule has 2 N–H and O–H groups in total. The van der Waals surface area contributed by atoms with Gasteiger partial charge in [0.2, 0.25) is 5.91 Å². The maximum absolute atomic E-state index is 14.2. The zero-order valence-corrected chi connectivity index (χ0v) is 21.9. The van der Waals surface area contributed by atoms with Crippen LogP contribution >= 0.6 is 15.9 Å². The summed E-state index contributed by atoms with van der Waals surface area (Å²) in [5.74, 6) is -5.56. The first-order valence-electron chi connectivity index (χ1n) is 12.2. The number of rotatable bonds is 4. The summed E-state index contributed by atoms with van der Waals surface area (Å²) in [7, 11) is 1.41. The Kier molecular flexibility index (Phi) is 5.79. The van der Waals surface area contributed by atoms with Crippen LogP contribution in [0.15, 0.2) is 71.5 Å². The highest BCUT2D eigenvalue weighted by molar-refractivity contribution is 9.10. The summed E-state index contributed by atoms with van der Waals surface area (Å²) >= 11 is 3.44. The minimum atomic E-state index is -3.02. The van der Waals surface area contributed by atoms with Gasteiger partial charge in [-0.3, -0.25) is 9.78 Å². The third kappa shape index (κ3) is 3.36. The van der Waals surface area contributed by atoms with Gasteiger partial charge >= 0.3 is 0 Å². The van der Waals surface area contributed by atoms with E-state index in [1.54, 1.807) is 48.5 Å². The Morgan fingerprint density at radius 1 is 1.16 bits per heavy atom. The molecule has 1 saturated heterocycles. The standard InChI is InChI=1S/C28H25BrF2N2O5/c1-37-19-13-32-14-20-23(19)27(36)24(34)21(25(35)33-12-11-26(30,31)15-33)22(16-5-3-2-4-6-16)28(27,38-20)17-7-9-18(29)10-8-17/h2-10,13-14,21-22,24,34,36H,11-12,15H2,1H3/t21-,22-,24-,27+,28+/m1/s1. The quantitative estimate of drug-likeness (QED) is 0.480. The maximum Gasteiger partial charge on any atom is 0.267 e. The van der Waals surface area contributed by atoms with Gasteiger partial charge in [-0.1, -0.05) is 58.4 Å². The minimum absolute atomic E-state index is 0.148. The van der Waals surface area contributed by atoms with Crippen molar-refractivity contribution in [2.45, 2.75) is 35.6 Å². The topological polar surface area (TPSA) is 92.1 Å². The van der Waals surface area contributed by atoms with E-state index in [0.717, 1.165) is 9.37 Å². The highest BCUT2D eigenvalue weighted by atomic mass is 79.9. The Morgan fingerprint density at radius 3 is 2.50 bits per heavy atom. The number of hydrogen-bond donors (Lipinski definition) is 2. The predicted octanol–water partition coefficient (Wildman–Crippen LogP) is 3.97. The third-order valence-electron chi connectivity index (χ3n) is 8.08. The molecule has 0 unspecified atom stereocenters. The number of aliphatic hydroxyl groups excluding tert-OH is 1. The van der Waals surface area contributed by atoms with E-state index in [1.165, 1.54) is 19.5 Å². The lowest BCUT2D eigenvalue weighted by Crippen LogP contribution is -2.52. The number of benzene rings is 2. The molecule has 0 spiro atoms. The molecule has 3 aromatic rings. The van der Waals surface area contributed by atoms with Gasteiger partial charge in [-0.15, -0.1) is 0 Å². The molecule has 2 aromatic carbocycles. The van der Waals surface area contributed by atoms with Crippen LogP contribution < -0.4 is 9.47 Å². The second-order valence-electron chi connectivity index (χ2n) is 10.1. The summed E-state index contributed by atoms with van der Waals surface area (Å²) in [4.78, 5) is 19.3. The number of pyridine rings is 1. The highest BCUT2D eigenvalue weighted by Crippen LogP contribution is 2.69. The van der Waals surface area contributed by atoms with Crippen molar-refractivity contribution in [2.24, 2.45) is 5.92 Å². The molecule has 3 heterocycles. The molecule has 3 aliphatic rings. The largest absolute Gasteiger partial charge is 0.495 e. The van der Waals surface area contributed by atoms with Crippen LogP contribution in [0.25, 0.3) is 0 Å². The average molecular weight is 587 g/mol. The number of amides is 1. The molecule has 0 radical (unpaired) electrons. The number of aromatic nitrogens is 1. The normalized spacial score (nSPS) is 31.0. The van der Waals surface area contributed by atoms with Crippen LogP contribution in [0.5, 0.6) is 11.5 Å². The van der Waals surface area contributed by atoms with E-state index >= 15 is 0 Å². The molecular formula is C28H25BrF2N2O5. The summed E-state index contributed by atoms with van der Waals surface area (Å²) in [6.45, 7) is -0.893. The van der Waals surface area contributed by atoms with Gasteiger partial charge < -0.3 is 24.6 Å². The monoisotopic (exact) mass is 586 g/mol.